The summed E-state index contributed by atoms with van der Waals surface area (Å²) < 4.78 is 0. The van der Waals surface area contributed by atoms with Crippen molar-refractivity contribution < 1.29 is 24.8 Å². The molecule has 0 aliphatic carbocycles. The van der Waals surface area contributed by atoms with Crippen LogP contribution < -0.4 is 0 Å². The monoisotopic (exact) mass is 420 g/mol. The van der Waals surface area contributed by atoms with Gasteiger partial charge in [-0.05, 0) is 44.1 Å². The lowest BCUT2D eigenvalue weighted by atomic mass is 9.79. The van der Waals surface area contributed by atoms with Gasteiger partial charge in [-0.25, -0.2) is 4.89 Å². The van der Waals surface area contributed by atoms with Gasteiger partial charge in [-0.3, -0.25) is 4.79 Å². The number of hydrogen-bond donors (Lipinski definition) is 2. The summed E-state index contributed by atoms with van der Waals surface area (Å²) in [7, 11) is 0. The Labute approximate surface area is 181 Å². The van der Waals surface area contributed by atoms with E-state index in [2.05, 4.69) is 37.3 Å². The number of carboxylic acids is 1. The topological polar surface area (TPSA) is 76.0 Å². The van der Waals surface area contributed by atoms with E-state index < -0.39 is 23.8 Å². The minimum atomic E-state index is -1.74. The Kier molecular flexibility index (Phi) is 9.79. The Morgan fingerprint density at radius 1 is 1.10 bits per heavy atom. The highest BCUT2D eigenvalue weighted by Gasteiger charge is 2.49. The summed E-state index contributed by atoms with van der Waals surface area (Å²) >= 11 is 0. The van der Waals surface area contributed by atoms with Crippen LogP contribution in [0, 0.1) is 11.8 Å². The highest BCUT2D eigenvalue weighted by atomic mass is 17.2. The van der Waals surface area contributed by atoms with Gasteiger partial charge in [0.1, 0.15) is 12.0 Å². The molecule has 5 heteroatoms. The largest absolute Gasteiger partial charge is 0.481 e. The molecule has 170 valence electrons. The molecule has 2 rings (SSSR count). The molecule has 0 aromatic heterocycles. The van der Waals surface area contributed by atoms with Gasteiger partial charge in [0.25, 0.3) is 0 Å². The van der Waals surface area contributed by atoms with Gasteiger partial charge in [-0.1, -0.05) is 82.7 Å². The van der Waals surface area contributed by atoms with Crippen molar-refractivity contribution in [3.63, 3.8) is 0 Å². The van der Waals surface area contributed by atoms with E-state index in [1.165, 1.54) is 50.5 Å². The molecule has 0 radical (unpaired) electrons. The third kappa shape index (κ3) is 8.37. The summed E-state index contributed by atoms with van der Waals surface area (Å²) in [6.45, 7) is 6.05. The molecule has 1 aliphatic rings. The van der Waals surface area contributed by atoms with E-state index in [-0.39, 0.29) is 5.92 Å². The van der Waals surface area contributed by atoms with Gasteiger partial charge in [0, 0.05) is 5.92 Å². The van der Waals surface area contributed by atoms with E-state index in [0.29, 0.717) is 12.3 Å². The summed E-state index contributed by atoms with van der Waals surface area (Å²) in [6, 6.07) is 10.7. The fraction of sp³-hybridized carbons (Fsp3) is 0.720. The predicted molar refractivity (Wildman–Crippen MR) is 118 cm³/mol. The van der Waals surface area contributed by atoms with E-state index in [1.807, 2.05) is 13.8 Å². The lowest BCUT2D eigenvalue weighted by molar-refractivity contribution is -0.497. The van der Waals surface area contributed by atoms with Crippen LogP contribution in [-0.2, 0) is 21.0 Å². The summed E-state index contributed by atoms with van der Waals surface area (Å²) in [5.41, 5.74) is 0.950. The molecule has 0 amide bonds. The SMILES string of the molecule is C[C@H](CCCCCCCCc1ccccc1)C[C@@]1(C)C[C@@H](C)[C@](O)(CC(=O)O)OO1. The van der Waals surface area contributed by atoms with Crippen LogP contribution in [0.2, 0.25) is 0 Å². The first kappa shape index (κ1) is 24.8. The maximum absolute atomic E-state index is 11.0. The Morgan fingerprint density at radius 3 is 2.37 bits per heavy atom. The van der Waals surface area contributed by atoms with Crippen LogP contribution in [0.15, 0.2) is 30.3 Å². The minimum absolute atomic E-state index is 0.296. The summed E-state index contributed by atoms with van der Waals surface area (Å²) in [5.74, 6) is -2.63. The maximum Gasteiger partial charge on any atom is 0.308 e. The summed E-state index contributed by atoms with van der Waals surface area (Å²) in [5, 5.41) is 19.3. The molecule has 5 nitrogen and oxygen atoms in total. The summed E-state index contributed by atoms with van der Waals surface area (Å²) in [6.07, 6.45) is 10.9. The number of carboxylic acid groups (broad SMARTS) is 1. The number of rotatable bonds is 13. The predicted octanol–water partition coefficient (Wildman–Crippen LogP) is 5.90. The minimum Gasteiger partial charge on any atom is -0.481 e. The zero-order chi connectivity index (χ0) is 22.0. The molecule has 0 bridgehead atoms. The quantitative estimate of drug-likeness (QED) is 0.307. The molecular weight excluding hydrogens is 380 g/mol. The smallest absolute Gasteiger partial charge is 0.308 e. The number of carbonyl (C=O) groups is 1. The van der Waals surface area contributed by atoms with Crippen LogP contribution in [0.25, 0.3) is 0 Å². The molecule has 30 heavy (non-hydrogen) atoms. The molecule has 1 heterocycles. The molecule has 2 N–H and O–H groups in total. The highest BCUT2D eigenvalue weighted by molar-refractivity contribution is 5.67. The molecule has 1 aromatic rings. The van der Waals surface area contributed by atoms with Gasteiger partial charge in [-0.15, -0.1) is 0 Å². The van der Waals surface area contributed by atoms with Crippen molar-refractivity contribution in [1.82, 2.24) is 0 Å². The highest BCUT2D eigenvalue weighted by Crippen LogP contribution is 2.41. The van der Waals surface area contributed by atoms with Crippen LogP contribution in [0.3, 0.4) is 0 Å². The van der Waals surface area contributed by atoms with E-state index >= 15 is 0 Å². The van der Waals surface area contributed by atoms with Crippen molar-refractivity contribution in [2.75, 3.05) is 0 Å². The van der Waals surface area contributed by atoms with Crippen LogP contribution in [-0.4, -0.2) is 27.6 Å². The first-order valence-corrected chi connectivity index (χ1v) is 11.6. The third-order valence-electron chi connectivity index (χ3n) is 6.34. The van der Waals surface area contributed by atoms with Gasteiger partial charge in [0.2, 0.25) is 5.79 Å². The molecule has 1 fully saturated rings. The lowest BCUT2D eigenvalue weighted by Crippen LogP contribution is -2.52. The Morgan fingerprint density at radius 2 is 1.73 bits per heavy atom. The molecule has 1 aromatic carbocycles. The average molecular weight is 421 g/mol. The second kappa shape index (κ2) is 11.8. The number of aryl methyl sites for hydroxylation is 1. The Bertz CT molecular complexity index is 634. The van der Waals surface area contributed by atoms with E-state index in [9.17, 15) is 9.90 Å². The van der Waals surface area contributed by atoms with Gasteiger partial charge in [-0.2, -0.15) is 4.89 Å². The van der Waals surface area contributed by atoms with Gasteiger partial charge in [0.05, 0.1) is 0 Å². The number of aliphatic carboxylic acids is 1. The van der Waals surface area contributed by atoms with Gasteiger partial charge in [0.15, 0.2) is 0 Å². The normalized spacial score (nSPS) is 27.7. The molecular formula is C25H40O5. The molecule has 0 unspecified atom stereocenters. The van der Waals surface area contributed by atoms with Gasteiger partial charge < -0.3 is 10.2 Å². The Balaban J connectivity index is 1.56. The number of unbranched alkanes of at least 4 members (excludes halogenated alkanes) is 5. The van der Waals surface area contributed by atoms with Crippen molar-refractivity contribution in [3.05, 3.63) is 35.9 Å². The second-order valence-electron chi connectivity index (χ2n) is 9.59. The van der Waals surface area contributed by atoms with Crippen molar-refractivity contribution in [3.8, 4) is 0 Å². The number of aliphatic hydroxyl groups is 1. The lowest BCUT2D eigenvalue weighted by Gasteiger charge is -2.45. The number of benzene rings is 1. The zero-order valence-corrected chi connectivity index (χ0v) is 18.9. The van der Waals surface area contributed by atoms with Crippen molar-refractivity contribution in [2.24, 2.45) is 11.8 Å². The van der Waals surface area contributed by atoms with Crippen LogP contribution in [0.5, 0.6) is 0 Å². The maximum atomic E-state index is 11.0. The van der Waals surface area contributed by atoms with E-state index in [1.54, 1.807) is 0 Å². The van der Waals surface area contributed by atoms with E-state index in [4.69, 9.17) is 14.9 Å². The fourth-order valence-electron chi connectivity index (χ4n) is 4.65. The van der Waals surface area contributed by atoms with E-state index in [0.717, 1.165) is 12.8 Å². The number of hydrogen-bond acceptors (Lipinski definition) is 4. The third-order valence-corrected chi connectivity index (χ3v) is 6.34. The molecule has 0 spiro atoms. The van der Waals surface area contributed by atoms with Crippen LogP contribution >= 0.6 is 0 Å². The van der Waals surface area contributed by atoms with Crippen LogP contribution in [0.4, 0.5) is 0 Å². The standard InChI is InChI=1S/C25H40O5/c1-20(13-9-6-4-5-7-10-14-22-15-11-8-12-16-22)17-24(3)18-21(2)25(28,30-29-24)19-23(26)27/h8,11-12,15-16,20-21,28H,4-7,9-10,13-14,17-19H2,1-3H3,(H,26,27)/t20-,21-,24+,25+/m1/s1. The van der Waals surface area contributed by atoms with Gasteiger partial charge >= 0.3 is 5.97 Å². The molecule has 4 atom stereocenters. The second-order valence-corrected chi connectivity index (χ2v) is 9.59. The molecule has 0 saturated carbocycles. The van der Waals surface area contributed by atoms with Crippen LogP contribution in [0.1, 0.15) is 90.5 Å². The average Bonchev–Trinajstić information content (AvgIpc) is 2.68. The van der Waals surface area contributed by atoms with Crippen molar-refractivity contribution in [1.29, 1.82) is 0 Å². The Hall–Kier alpha value is -1.43. The fourth-order valence-corrected chi connectivity index (χ4v) is 4.65. The first-order chi connectivity index (χ1) is 14.2. The zero-order valence-electron chi connectivity index (χ0n) is 18.9. The molecule has 1 aliphatic heterocycles. The van der Waals surface area contributed by atoms with Crippen molar-refractivity contribution >= 4 is 5.97 Å². The first-order valence-electron chi connectivity index (χ1n) is 11.6. The van der Waals surface area contributed by atoms with Crippen molar-refractivity contribution in [2.45, 2.75) is 103 Å². The summed E-state index contributed by atoms with van der Waals surface area (Å²) in [4.78, 5) is 21.7. The molecule has 1 saturated heterocycles.